The topological polar surface area (TPSA) is 43.1 Å². The third kappa shape index (κ3) is 2.61. The zero-order valence-electron chi connectivity index (χ0n) is 10.6. The number of aryl methyl sites for hydroxylation is 2. The molecule has 0 fully saturated rings. The van der Waals surface area contributed by atoms with Crippen molar-refractivity contribution >= 4 is 23.1 Å². The van der Waals surface area contributed by atoms with E-state index in [1.54, 1.807) is 25.1 Å². The summed E-state index contributed by atoms with van der Waals surface area (Å²) in [5, 5.41) is 0.104. The molecule has 0 spiro atoms. The van der Waals surface area contributed by atoms with Crippen molar-refractivity contribution in [1.82, 2.24) is 0 Å². The van der Waals surface area contributed by atoms with Crippen LogP contribution < -0.4 is 5.73 Å². The van der Waals surface area contributed by atoms with Crippen molar-refractivity contribution < 1.29 is 9.18 Å². The van der Waals surface area contributed by atoms with Crippen LogP contribution in [0.25, 0.3) is 0 Å². The fourth-order valence-electron chi connectivity index (χ4n) is 1.77. The van der Waals surface area contributed by atoms with Crippen LogP contribution in [0.4, 0.5) is 10.1 Å². The number of anilines is 1. The fraction of sp³-hybridized carbons (Fsp3) is 0.133. The van der Waals surface area contributed by atoms with Crippen LogP contribution in [-0.4, -0.2) is 5.78 Å². The zero-order valence-corrected chi connectivity index (χ0v) is 11.4. The summed E-state index contributed by atoms with van der Waals surface area (Å²) in [6, 6.07) is 7.67. The Labute approximate surface area is 116 Å². The lowest BCUT2D eigenvalue weighted by Gasteiger charge is -2.08. The van der Waals surface area contributed by atoms with Gasteiger partial charge in [0.2, 0.25) is 0 Å². The van der Waals surface area contributed by atoms with Gasteiger partial charge in [-0.2, -0.15) is 0 Å². The van der Waals surface area contributed by atoms with Gasteiger partial charge in [0.15, 0.2) is 5.78 Å². The van der Waals surface area contributed by atoms with Crippen molar-refractivity contribution in [1.29, 1.82) is 0 Å². The average Bonchev–Trinajstić information content (AvgIpc) is 2.36. The summed E-state index contributed by atoms with van der Waals surface area (Å²) >= 11 is 5.93. The quantitative estimate of drug-likeness (QED) is 0.668. The van der Waals surface area contributed by atoms with Gasteiger partial charge in [-0.25, -0.2) is 4.39 Å². The van der Waals surface area contributed by atoms with E-state index in [0.29, 0.717) is 16.8 Å². The molecule has 0 aromatic heterocycles. The van der Waals surface area contributed by atoms with Gasteiger partial charge in [-0.3, -0.25) is 4.79 Å². The molecule has 2 nitrogen and oxygen atoms in total. The third-order valence-electron chi connectivity index (χ3n) is 3.03. The molecule has 0 unspecified atom stereocenters. The van der Waals surface area contributed by atoms with E-state index in [-0.39, 0.29) is 16.4 Å². The third-order valence-corrected chi connectivity index (χ3v) is 3.35. The molecule has 19 heavy (non-hydrogen) atoms. The minimum absolute atomic E-state index is 0.104. The number of nitrogen functional groups attached to an aromatic ring is 1. The van der Waals surface area contributed by atoms with Gasteiger partial charge in [0.05, 0.1) is 5.02 Å². The van der Waals surface area contributed by atoms with Crippen LogP contribution in [0.2, 0.25) is 5.02 Å². The predicted molar refractivity (Wildman–Crippen MR) is 75.2 cm³/mol. The molecule has 2 rings (SSSR count). The summed E-state index contributed by atoms with van der Waals surface area (Å²) in [7, 11) is 0. The molecule has 0 amide bonds. The van der Waals surface area contributed by atoms with Crippen molar-refractivity contribution in [3.63, 3.8) is 0 Å². The summed E-state index contributed by atoms with van der Waals surface area (Å²) in [5.41, 5.74) is 8.33. The first kappa shape index (κ1) is 13.6. The molecule has 2 aromatic carbocycles. The van der Waals surface area contributed by atoms with Crippen LogP contribution in [0.5, 0.6) is 0 Å². The van der Waals surface area contributed by atoms with E-state index in [9.17, 15) is 9.18 Å². The lowest BCUT2D eigenvalue weighted by Crippen LogP contribution is -2.05. The summed E-state index contributed by atoms with van der Waals surface area (Å²) < 4.78 is 13.3. The van der Waals surface area contributed by atoms with Gasteiger partial charge in [-0.15, -0.1) is 0 Å². The maximum absolute atomic E-state index is 13.3. The van der Waals surface area contributed by atoms with Gasteiger partial charge in [-0.05, 0) is 43.2 Å². The zero-order chi connectivity index (χ0) is 14.2. The Morgan fingerprint density at radius 3 is 2.47 bits per heavy atom. The number of carbonyl (C=O) groups is 1. The Morgan fingerprint density at radius 2 is 1.84 bits per heavy atom. The lowest BCUT2D eigenvalue weighted by molar-refractivity contribution is 0.103. The van der Waals surface area contributed by atoms with Crippen LogP contribution in [0.15, 0.2) is 30.3 Å². The predicted octanol–water partition coefficient (Wildman–Crippen LogP) is 3.91. The van der Waals surface area contributed by atoms with Gasteiger partial charge >= 0.3 is 0 Å². The normalized spacial score (nSPS) is 10.5. The molecule has 0 saturated heterocycles. The molecule has 2 aromatic rings. The second kappa shape index (κ2) is 5.02. The molecule has 4 heteroatoms. The molecule has 0 aliphatic carbocycles. The number of hydrogen-bond acceptors (Lipinski definition) is 2. The van der Waals surface area contributed by atoms with E-state index >= 15 is 0 Å². The highest BCUT2D eigenvalue weighted by Crippen LogP contribution is 2.24. The first-order chi connectivity index (χ1) is 8.90. The molecule has 0 aliphatic rings. The van der Waals surface area contributed by atoms with Crippen LogP contribution in [-0.2, 0) is 0 Å². The molecule has 0 saturated carbocycles. The highest BCUT2D eigenvalue weighted by atomic mass is 35.5. The number of carbonyl (C=O) groups excluding carboxylic acids is 1. The monoisotopic (exact) mass is 277 g/mol. The first-order valence-corrected chi connectivity index (χ1v) is 6.14. The molecule has 0 heterocycles. The number of hydrogen-bond donors (Lipinski definition) is 1. The number of halogens is 2. The smallest absolute Gasteiger partial charge is 0.194 e. The standard InChI is InChI=1S/C15H13ClFNO/c1-8-3-4-10(6-14(8)18)15(19)11-5-9(2)13(17)7-12(11)16/h3-7H,18H2,1-2H3. The molecule has 0 atom stereocenters. The molecule has 0 bridgehead atoms. The number of ketones is 1. The minimum atomic E-state index is -0.426. The molecular formula is C15H13ClFNO. The second-order valence-corrected chi connectivity index (χ2v) is 4.89. The van der Waals surface area contributed by atoms with Crippen LogP contribution in [0, 0.1) is 19.7 Å². The van der Waals surface area contributed by atoms with Gasteiger partial charge < -0.3 is 5.73 Å². The van der Waals surface area contributed by atoms with E-state index in [0.717, 1.165) is 11.6 Å². The Morgan fingerprint density at radius 1 is 1.16 bits per heavy atom. The molecule has 0 radical (unpaired) electrons. The number of nitrogens with two attached hydrogens (primary N) is 1. The maximum atomic E-state index is 13.3. The summed E-state index contributed by atoms with van der Waals surface area (Å²) in [5.74, 6) is -0.690. The minimum Gasteiger partial charge on any atom is -0.398 e. The van der Waals surface area contributed by atoms with E-state index in [2.05, 4.69) is 0 Å². The van der Waals surface area contributed by atoms with Crippen molar-refractivity contribution in [3.05, 3.63) is 63.4 Å². The van der Waals surface area contributed by atoms with Crippen LogP contribution in [0.3, 0.4) is 0 Å². The highest BCUT2D eigenvalue weighted by molar-refractivity contribution is 6.35. The van der Waals surface area contributed by atoms with Crippen molar-refractivity contribution in [2.24, 2.45) is 0 Å². The van der Waals surface area contributed by atoms with Gasteiger partial charge in [0, 0.05) is 16.8 Å². The molecular weight excluding hydrogens is 265 g/mol. The largest absolute Gasteiger partial charge is 0.398 e. The van der Waals surface area contributed by atoms with Crippen molar-refractivity contribution in [2.45, 2.75) is 13.8 Å². The second-order valence-electron chi connectivity index (χ2n) is 4.48. The molecule has 0 aliphatic heterocycles. The fourth-order valence-corrected chi connectivity index (χ4v) is 2.00. The Bertz CT molecular complexity index is 667. The van der Waals surface area contributed by atoms with E-state index in [1.165, 1.54) is 6.07 Å². The lowest BCUT2D eigenvalue weighted by atomic mass is 9.99. The van der Waals surface area contributed by atoms with E-state index in [1.807, 2.05) is 6.92 Å². The Kier molecular flexibility index (Phi) is 3.58. The SMILES string of the molecule is Cc1ccc(C(=O)c2cc(C)c(F)cc2Cl)cc1N. The number of rotatable bonds is 2. The summed E-state index contributed by atoms with van der Waals surface area (Å²) in [4.78, 5) is 12.3. The number of benzene rings is 2. The van der Waals surface area contributed by atoms with Gasteiger partial charge in [0.1, 0.15) is 5.82 Å². The van der Waals surface area contributed by atoms with Crippen molar-refractivity contribution in [3.8, 4) is 0 Å². The highest BCUT2D eigenvalue weighted by Gasteiger charge is 2.15. The van der Waals surface area contributed by atoms with Crippen molar-refractivity contribution in [2.75, 3.05) is 5.73 Å². The Hall–Kier alpha value is -1.87. The van der Waals surface area contributed by atoms with Gasteiger partial charge in [-0.1, -0.05) is 23.7 Å². The van der Waals surface area contributed by atoms with Crippen LogP contribution >= 0.6 is 11.6 Å². The average molecular weight is 278 g/mol. The molecule has 98 valence electrons. The van der Waals surface area contributed by atoms with Gasteiger partial charge in [0.25, 0.3) is 0 Å². The summed E-state index contributed by atoms with van der Waals surface area (Å²) in [6.07, 6.45) is 0. The molecule has 2 N–H and O–H groups in total. The van der Waals surface area contributed by atoms with E-state index < -0.39 is 5.82 Å². The van der Waals surface area contributed by atoms with Crippen LogP contribution in [0.1, 0.15) is 27.0 Å². The Balaban J connectivity index is 2.49. The maximum Gasteiger partial charge on any atom is 0.194 e. The first-order valence-electron chi connectivity index (χ1n) is 5.76. The van der Waals surface area contributed by atoms with E-state index in [4.69, 9.17) is 17.3 Å². The summed E-state index contributed by atoms with van der Waals surface area (Å²) in [6.45, 7) is 3.45.